The van der Waals surface area contributed by atoms with Crippen LogP contribution in [0.2, 0.25) is 0 Å². The third-order valence-electron chi connectivity index (χ3n) is 13.5. The molecule has 0 saturated heterocycles. The summed E-state index contributed by atoms with van der Waals surface area (Å²) >= 11 is 9.53. The van der Waals surface area contributed by atoms with Crippen LogP contribution >= 0.6 is 35.6 Å². The van der Waals surface area contributed by atoms with Gasteiger partial charge in [-0.15, -0.1) is 35.6 Å². The molecular formula is C56H74Cl3F6N6NaO5. The fourth-order valence-electron chi connectivity index (χ4n) is 9.60. The number of carbonyl (C=O) groups excluding carboxylic acids is 2. The molecule has 4 aromatic carbocycles. The van der Waals surface area contributed by atoms with Crippen LogP contribution in [0.1, 0.15) is 122 Å². The predicted octanol–water partition coefficient (Wildman–Crippen LogP) is 8.01. The van der Waals surface area contributed by atoms with Crippen molar-refractivity contribution in [1.29, 1.82) is 0 Å². The van der Waals surface area contributed by atoms with Crippen molar-refractivity contribution < 1.29 is 81.2 Å². The molecule has 7 rings (SSSR count). The van der Waals surface area contributed by atoms with E-state index in [1.807, 2.05) is 0 Å². The van der Waals surface area contributed by atoms with Crippen molar-refractivity contribution >= 4 is 47.4 Å². The Bertz CT molecular complexity index is 2440. The Hall–Kier alpha value is -3.56. The van der Waals surface area contributed by atoms with Crippen LogP contribution < -0.4 is 51.2 Å². The number of alkyl halides is 4. The van der Waals surface area contributed by atoms with Crippen LogP contribution in [0.4, 0.5) is 26.3 Å². The van der Waals surface area contributed by atoms with E-state index in [0.717, 1.165) is 86.6 Å². The second-order valence-corrected chi connectivity index (χ2v) is 20.2. The van der Waals surface area contributed by atoms with Crippen LogP contribution in [0.25, 0.3) is 0 Å². The number of hydrogen-bond donors (Lipinski definition) is 6. The molecule has 0 bridgehead atoms. The molecule has 4 atom stereocenters. The number of nitrogens with zero attached hydrogens (tertiary/aromatic N) is 2. The van der Waals surface area contributed by atoms with E-state index in [0.29, 0.717) is 18.0 Å². The molecule has 0 aliphatic heterocycles. The van der Waals surface area contributed by atoms with Gasteiger partial charge in [-0.05, 0) is 103 Å². The van der Waals surface area contributed by atoms with E-state index in [1.54, 1.807) is 0 Å². The quantitative estimate of drug-likeness (QED) is 0.0288. The molecule has 422 valence electrons. The van der Waals surface area contributed by atoms with Crippen LogP contribution in [-0.2, 0) is 28.7 Å². The van der Waals surface area contributed by atoms with Crippen LogP contribution in [0.5, 0.6) is 0 Å². The van der Waals surface area contributed by atoms with Crippen molar-refractivity contribution in [3.05, 3.63) is 160 Å². The molecule has 1 aromatic heterocycles. The van der Waals surface area contributed by atoms with E-state index >= 15 is 0 Å². The molecule has 0 radical (unpaired) electrons. The summed E-state index contributed by atoms with van der Waals surface area (Å²) in [5, 5.41) is 31.4. The normalized spacial score (nSPS) is 15.8. The molecule has 2 fully saturated rings. The Labute approximate surface area is 487 Å². The second-order valence-electron chi connectivity index (χ2n) is 19.4. The minimum Gasteiger partial charge on any atom is -0.870 e. The smallest absolute Gasteiger partial charge is 0.870 e. The van der Waals surface area contributed by atoms with E-state index in [-0.39, 0.29) is 88.8 Å². The molecule has 0 unspecified atom stereocenters. The number of aryl methyl sites for hydroxylation is 1. The fraction of sp³-hybridized carbons (Fsp3) is 0.482. The first-order chi connectivity index (χ1) is 35.4. The monoisotopic (exact) mass is 1150 g/mol. The minimum atomic E-state index is -1.24. The molecule has 21 heteroatoms. The van der Waals surface area contributed by atoms with E-state index < -0.39 is 72.7 Å². The number of carbonyl (C=O) groups is 2. The molecule has 8 N–H and O–H groups in total. The Kier molecular flexibility index (Phi) is 34.0. The van der Waals surface area contributed by atoms with E-state index in [1.165, 1.54) is 59.5 Å². The summed E-state index contributed by atoms with van der Waals surface area (Å²) in [5.41, 5.74) is 11.3. The van der Waals surface area contributed by atoms with Crippen LogP contribution in [0.3, 0.4) is 0 Å². The summed E-state index contributed by atoms with van der Waals surface area (Å²) in [6.07, 6.45) is 13.0. The molecule has 2 aliphatic rings. The SMILES string of the molecule is CC(C)c1cccc(C2(NC[C@@H](O)[C@H](Cc3cc(F)cc(F)c3)NC(=O)CF)CCCCC2)c1.Cc1cccc(C2(NC[C@@H](O)[C@@H](N)Cc3cc(F)cc(F)c3)CCCCC2)c1.Cl.ClCCl.O=C(CF)n1ccnc1.[Na+].[OH-]. The maximum Gasteiger partial charge on any atom is 1.00 e. The maximum absolute atomic E-state index is 13.7. The molecular weight excluding hydrogens is 1080 g/mol. The van der Waals surface area contributed by atoms with E-state index in [9.17, 15) is 46.1 Å². The topological polar surface area (TPSA) is 185 Å². The number of imidazole rings is 1. The largest absolute Gasteiger partial charge is 1.00 e. The van der Waals surface area contributed by atoms with E-state index in [2.05, 4.69) is 90.2 Å². The van der Waals surface area contributed by atoms with Gasteiger partial charge >= 0.3 is 29.6 Å². The van der Waals surface area contributed by atoms with Gasteiger partial charge in [-0.2, -0.15) is 0 Å². The van der Waals surface area contributed by atoms with Gasteiger partial charge in [0.25, 0.3) is 11.8 Å². The molecule has 77 heavy (non-hydrogen) atoms. The molecule has 5 aromatic rings. The standard InChI is InChI=1S/C27H35F3N2O2.C23H30F2N2O.C5H5FN2O.CH2Cl2.ClH.Na.H2O/c1-18(2)20-7-6-8-21(14-20)27(9-4-3-5-10-27)31-17-25(33)24(32-26(34)16-28)13-19-11-22(29)15-23(30)12-19;1-16-6-5-7-18(10-16)23(8-3-2-4-9-23)27-15-22(28)21(26)13-17-11-19(24)14-20(25)12-17;6-3-5(9)8-2-1-7-4-8;2-1-3;;;/h6-8,11-12,14-15,18,24-25,31,33H,3-5,9-10,13,16-17H2,1-2H3,(H,32,34);5-7,10-12,14,21-22,27-28H,2-4,8-9,13,15,26H2,1H3;1-2,4H,3H2;1H2;1H;;1H2/q;;;;;+1;/p-1/t24-,25+;21-,22+;;;;;/m00...../s1. The average molecular weight is 1150 g/mol. The summed E-state index contributed by atoms with van der Waals surface area (Å²) < 4.78 is 79.7. The summed E-state index contributed by atoms with van der Waals surface area (Å²) in [6, 6.07) is 21.9. The van der Waals surface area contributed by atoms with E-state index in [4.69, 9.17) is 28.9 Å². The van der Waals surface area contributed by atoms with Gasteiger partial charge in [0.2, 0.25) is 0 Å². The van der Waals surface area contributed by atoms with Gasteiger partial charge in [-0.25, -0.2) is 31.3 Å². The van der Waals surface area contributed by atoms with Crippen molar-refractivity contribution in [2.45, 2.75) is 139 Å². The second kappa shape index (κ2) is 36.6. The average Bonchev–Trinajstić information content (AvgIpc) is 3.93. The molecule has 1 amide bonds. The predicted molar refractivity (Wildman–Crippen MR) is 290 cm³/mol. The molecule has 0 spiro atoms. The maximum atomic E-state index is 13.7. The van der Waals surface area contributed by atoms with Gasteiger partial charge in [-0.1, -0.05) is 106 Å². The zero-order chi connectivity index (χ0) is 54.3. The Morgan fingerprint density at radius 1 is 0.714 bits per heavy atom. The van der Waals surface area contributed by atoms with Crippen molar-refractivity contribution in [1.82, 2.24) is 25.5 Å². The van der Waals surface area contributed by atoms with Gasteiger partial charge in [0.1, 0.15) is 29.6 Å². The summed E-state index contributed by atoms with van der Waals surface area (Å²) in [6.45, 7) is 4.65. The summed E-state index contributed by atoms with van der Waals surface area (Å²) in [7, 11) is 0. The third kappa shape index (κ3) is 23.6. The molecule has 11 nitrogen and oxygen atoms in total. The number of amides is 1. The number of nitrogens with two attached hydrogens (primary N) is 1. The van der Waals surface area contributed by atoms with Gasteiger partial charge in [0.05, 0.1) is 23.6 Å². The minimum absolute atomic E-state index is 0. The van der Waals surface area contributed by atoms with Crippen molar-refractivity contribution in [3.63, 3.8) is 0 Å². The number of rotatable bonds is 18. The molecule has 1 heterocycles. The first kappa shape index (κ1) is 71.5. The molecule has 2 saturated carbocycles. The number of aliphatic hydroxyl groups is 2. The third-order valence-corrected chi connectivity index (χ3v) is 13.5. The first-order valence-corrected chi connectivity index (χ1v) is 26.2. The Morgan fingerprint density at radius 3 is 1.62 bits per heavy atom. The Balaban J connectivity index is 0.000000619. The number of hydrogen-bond acceptors (Lipinski definition) is 9. The van der Waals surface area contributed by atoms with Gasteiger partial charge in [0.15, 0.2) is 13.3 Å². The number of benzene rings is 4. The van der Waals surface area contributed by atoms with Crippen LogP contribution in [0, 0.1) is 30.2 Å². The summed E-state index contributed by atoms with van der Waals surface area (Å²) in [5.74, 6) is -3.83. The fourth-order valence-corrected chi connectivity index (χ4v) is 9.60. The van der Waals surface area contributed by atoms with Crippen molar-refractivity contribution in [2.24, 2.45) is 5.73 Å². The summed E-state index contributed by atoms with van der Waals surface area (Å²) in [4.78, 5) is 25.8. The number of nitrogens with one attached hydrogen (secondary N) is 3. The zero-order valence-electron chi connectivity index (χ0n) is 44.3. The van der Waals surface area contributed by atoms with Gasteiger partial charge < -0.3 is 37.4 Å². The number of aromatic nitrogens is 2. The molecule has 2 aliphatic carbocycles. The number of aliphatic hydroxyl groups excluding tert-OH is 2. The van der Waals surface area contributed by atoms with Crippen LogP contribution in [-0.4, -0.2) is 93.1 Å². The number of halogens is 9. The van der Waals surface area contributed by atoms with Crippen molar-refractivity contribution in [2.75, 3.05) is 31.8 Å². The zero-order valence-corrected chi connectivity index (χ0v) is 48.6. The first-order valence-electron chi connectivity index (χ1n) is 25.1. The van der Waals surface area contributed by atoms with Gasteiger partial charge in [0, 0.05) is 54.7 Å². The van der Waals surface area contributed by atoms with Crippen molar-refractivity contribution in [3.8, 4) is 0 Å². The van der Waals surface area contributed by atoms with Crippen LogP contribution in [0.15, 0.2) is 104 Å². The van der Waals surface area contributed by atoms with Gasteiger partial charge in [-0.3, -0.25) is 14.2 Å². The Morgan fingerprint density at radius 2 is 1.18 bits per heavy atom.